The molecule has 0 saturated carbocycles. The van der Waals surface area contributed by atoms with Crippen LogP contribution in [0.4, 0.5) is 4.39 Å². The Morgan fingerprint density at radius 3 is 2.26 bits per heavy atom. The SMILES string of the molecule is Cc1cc(C)c(C(N)c2cc(Cl)ccc2F)cc1C. The number of benzene rings is 2. The van der Waals surface area contributed by atoms with Gasteiger partial charge in [0, 0.05) is 10.6 Å². The third kappa shape index (κ3) is 2.80. The minimum atomic E-state index is -0.502. The van der Waals surface area contributed by atoms with E-state index in [0.29, 0.717) is 10.6 Å². The highest BCUT2D eigenvalue weighted by molar-refractivity contribution is 6.30. The second-order valence-corrected chi connectivity index (χ2v) is 5.37. The Bertz CT molecular complexity index is 622. The third-order valence-corrected chi connectivity index (χ3v) is 3.75. The Hall–Kier alpha value is -1.38. The van der Waals surface area contributed by atoms with Crippen LogP contribution in [-0.4, -0.2) is 0 Å². The lowest BCUT2D eigenvalue weighted by Crippen LogP contribution is -2.15. The molecule has 3 heteroatoms. The van der Waals surface area contributed by atoms with Gasteiger partial charge in [0.25, 0.3) is 0 Å². The highest BCUT2D eigenvalue weighted by atomic mass is 35.5. The number of halogens is 2. The second kappa shape index (κ2) is 5.32. The largest absolute Gasteiger partial charge is 0.320 e. The summed E-state index contributed by atoms with van der Waals surface area (Å²) >= 11 is 5.92. The van der Waals surface area contributed by atoms with Crippen molar-refractivity contribution in [3.8, 4) is 0 Å². The molecule has 2 N–H and O–H groups in total. The van der Waals surface area contributed by atoms with Gasteiger partial charge in [-0.25, -0.2) is 4.39 Å². The van der Waals surface area contributed by atoms with E-state index in [0.717, 1.165) is 16.7 Å². The van der Waals surface area contributed by atoms with Crippen molar-refractivity contribution < 1.29 is 4.39 Å². The first-order chi connectivity index (χ1) is 8.90. The first-order valence-electron chi connectivity index (χ1n) is 6.18. The van der Waals surface area contributed by atoms with Gasteiger partial charge in [-0.05, 0) is 61.2 Å². The van der Waals surface area contributed by atoms with Gasteiger partial charge in [-0.1, -0.05) is 23.7 Å². The molecule has 0 bridgehead atoms. The molecule has 0 heterocycles. The molecule has 1 atom stereocenters. The van der Waals surface area contributed by atoms with Gasteiger partial charge in [-0.2, -0.15) is 0 Å². The first-order valence-corrected chi connectivity index (χ1v) is 6.56. The van der Waals surface area contributed by atoms with E-state index in [1.807, 2.05) is 19.9 Å². The van der Waals surface area contributed by atoms with Crippen LogP contribution in [0, 0.1) is 26.6 Å². The van der Waals surface area contributed by atoms with E-state index in [-0.39, 0.29) is 5.82 Å². The van der Waals surface area contributed by atoms with Gasteiger partial charge in [0.15, 0.2) is 0 Å². The summed E-state index contributed by atoms with van der Waals surface area (Å²) in [7, 11) is 0. The number of hydrogen-bond acceptors (Lipinski definition) is 1. The fourth-order valence-corrected chi connectivity index (χ4v) is 2.42. The predicted molar refractivity (Wildman–Crippen MR) is 78.1 cm³/mol. The number of rotatable bonds is 2. The van der Waals surface area contributed by atoms with E-state index >= 15 is 0 Å². The summed E-state index contributed by atoms with van der Waals surface area (Å²) in [6, 6.07) is 8.07. The lowest BCUT2D eigenvalue weighted by molar-refractivity contribution is 0.599. The molecule has 0 aliphatic rings. The van der Waals surface area contributed by atoms with E-state index in [4.69, 9.17) is 17.3 Å². The fraction of sp³-hybridized carbons (Fsp3) is 0.250. The fourth-order valence-electron chi connectivity index (χ4n) is 2.24. The summed E-state index contributed by atoms with van der Waals surface area (Å²) in [5, 5.41) is 0.494. The van der Waals surface area contributed by atoms with Crippen LogP contribution >= 0.6 is 11.6 Å². The van der Waals surface area contributed by atoms with Gasteiger partial charge in [0.1, 0.15) is 5.82 Å². The van der Waals surface area contributed by atoms with Crippen molar-refractivity contribution in [1.29, 1.82) is 0 Å². The molecule has 0 aliphatic carbocycles. The Kier molecular flexibility index (Phi) is 3.93. The summed E-state index contributed by atoms with van der Waals surface area (Å²) in [6.07, 6.45) is 0. The van der Waals surface area contributed by atoms with Crippen LogP contribution in [0.15, 0.2) is 30.3 Å². The van der Waals surface area contributed by atoms with Gasteiger partial charge in [-0.15, -0.1) is 0 Å². The summed E-state index contributed by atoms with van der Waals surface area (Å²) < 4.78 is 13.9. The van der Waals surface area contributed by atoms with Crippen LogP contribution in [0.3, 0.4) is 0 Å². The van der Waals surface area contributed by atoms with Crippen molar-refractivity contribution in [2.75, 3.05) is 0 Å². The molecule has 0 spiro atoms. The Morgan fingerprint density at radius 1 is 0.947 bits per heavy atom. The van der Waals surface area contributed by atoms with Crippen molar-refractivity contribution in [3.63, 3.8) is 0 Å². The van der Waals surface area contributed by atoms with Gasteiger partial charge in [0.2, 0.25) is 0 Å². The maximum Gasteiger partial charge on any atom is 0.128 e. The molecular weight excluding hydrogens is 261 g/mol. The molecule has 1 nitrogen and oxygen atoms in total. The monoisotopic (exact) mass is 277 g/mol. The molecule has 0 amide bonds. The van der Waals surface area contributed by atoms with Crippen LogP contribution in [0.2, 0.25) is 5.02 Å². The third-order valence-electron chi connectivity index (χ3n) is 3.51. The second-order valence-electron chi connectivity index (χ2n) is 4.94. The van der Waals surface area contributed by atoms with E-state index in [2.05, 4.69) is 13.0 Å². The topological polar surface area (TPSA) is 26.0 Å². The van der Waals surface area contributed by atoms with Crippen LogP contribution in [-0.2, 0) is 0 Å². The molecule has 2 rings (SSSR count). The Balaban J connectivity index is 2.52. The lowest BCUT2D eigenvalue weighted by Gasteiger charge is -2.18. The minimum absolute atomic E-state index is 0.325. The van der Waals surface area contributed by atoms with Gasteiger partial charge in [0.05, 0.1) is 6.04 Å². The highest BCUT2D eigenvalue weighted by Gasteiger charge is 2.16. The molecule has 2 aromatic carbocycles. The van der Waals surface area contributed by atoms with Gasteiger partial charge in [-0.3, -0.25) is 0 Å². The molecule has 0 saturated heterocycles. The molecule has 0 aliphatic heterocycles. The van der Waals surface area contributed by atoms with Gasteiger partial charge < -0.3 is 5.73 Å². The van der Waals surface area contributed by atoms with E-state index in [9.17, 15) is 4.39 Å². The Labute approximate surface area is 118 Å². The average Bonchev–Trinajstić information content (AvgIpc) is 2.36. The number of hydrogen-bond donors (Lipinski definition) is 1. The zero-order chi connectivity index (χ0) is 14.2. The zero-order valence-corrected chi connectivity index (χ0v) is 12.1. The van der Waals surface area contributed by atoms with Crippen LogP contribution in [0.5, 0.6) is 0 Å². The molecule has 1 unspecified atom stereocenters. The van der Waals surface area contributed by atoms with Gasteiger partial charge >= 0.3 is 0 Å². The molecule has 0 fully saturated rings. The van der Waals surface area contributed by atoms with Crippen LogP contribution < -0.4 is 5.73 Å². The summed E-state index contributed by atoms with van der Waals surface area (Å²) in [4.78, 5) is 0. The van der Waals surface area contributed by atoms with E-state index < -0.39 is 6.04 Å². The summed E-state index contributed by atoms with van der Waals surface area (Å²) in [6.45, 7) is 6.07. The standard InChI is InChI=1S/C16H17ClFN/c1-9-6-11(3)13(7-10(9)2)16(19)14-8-12(17)4-5-15(14)18/h4-8,16H,19H2,1-3H3. The predicted octanol–water partition coefficient (Wildman–Crippen LogP) is 4.45. The normalized spacial score (nSPS) is 12.5. The quantitative estimate of drug-likeness (QED) is 0.862. The lowest BCUT2D eigenvalue weighted by atomic mass is 9.92. The Morgan fingerprint density at radius 2 is 1.58 bits per heavy atom. The molecule has 100 valence electrons. The average molecular weight is 278 g/mol. The van der Waals surface area contributed by atoms with Crippen molar-refractivity contribution in [3.05, 3.63) is 69.0 Å². The highest BCUT2D eigenvalue weighted by Crippen LogP contribution is 2.28. The maximum atomic E-state index is 13.9. The molecule has 0 radical (unpaired) electrons. The molecule has 2 aromatic rings. The number of nitrogens with two attached hydrogens (primary N) is 1. The van der Waals surface area contributed by atoms with E-state index in [1.165, 1.54) is 17.7 Å². The molecule has 19 heavy (non-hydrogen) atoms. The van der Waals surface area contributed by atoms with Crippen LogP contribution in [0.1, 0.15) is 33.9 Å². The van der Waals surface area contributed by atoms with Crippen molar-refractivity contribution in [2.24, 2.45) is 5.73 Å². The summed E-state index contributed by atoms with van der Waals surface area (Å²) in [5.74, 6) is -0.325. The van der Waals surface area contributed by atoms with Crippen molar-refractivity contribution in [1.82, 2.24) is 0 Å². The maximum absolute atomic E-state index is 13.9. The first kappa shape index (κ1) is 14.0. The molecule has 0 aromatic heterocycles. The van der Waals surface area contributed by atoms with Crippen LogP contribution in [0.25, 0.3) is 0 Å². The number of aryl methyl sites for hydroxylation is 3. The van der Waals surface area contributed by atoms with Crippen molar-refractivity contribution >= 4 is 11.6 Å². The minimum Gasteiger partial charge on any atom is -0.320 e. The van der Waals surface area contributed by atoms with Crippen molar-refractivity contribution in [2.45, 2.75) is 26.8 Å². The van der Waals surface area contributed by atoms with E-state index in [1.54, 1.807) is 6.07 Å². The summed E-state index contributed by atoms with van der Waals surface area (Å²) in [5.41, 5.74) is 11.0. The smallest absolute Gasteiger partial charge is 0.128 e. The zero-order valence-electron chi connectivity index (χ0n) is 11.3. The molecular formula is C16H17ClFN.